The second-order valence-electron chi connectivity index (χ2n) is 9.92. The van der Waals surface area contributed by atoms with Gasteiger partial charge in [-0.1, -0.05) is 54.6 Å². The number of benzene rings is 3. The summed E-state index contributed by atoms with van der Waals surface area (Å²) >= 11 is 0. The molecule has 0 aromatic heterocycles. The van der Waals surface area contributed by atoms with Crippen LogP contribution in [-0.2, 0) is 32.6 Å². The van der Waals surface area contributed by atoms with E-state index in [1.165, 1.54) is 15.3 Å². The van der Waals surface area contributed by atoms with Crippen LogP contribution in [-0.4, -0.2) is 50.5 Å². The van der Waals surface area contributed by atoms with Gasteiger partial charge in [0.15, 0.2) is 0 Å². The molecule has 0 aliphatic carbocycles. The number of hydrogen-bond donors (Lipinski definition) is 1. The third-order valence-electron chi connectivity index (χ3n) is 6.85. The van der Waals surface area contributed by atoms with Crippen LogP contribution in [0.5, 0.6) is 0 Å². The molecule has 214 valence electrons. The van der Waals surface area contributed by atoms with E-state index in [9.17, 15) is 22.4 Å². The van der Waals surface area contributed by atoms with E-state index in [-0.39, 0.29) is 44.2 Å². The number of nitrogens with one attached hydrogen (secondary N) is 1. The molecule has 0 bridgehead atoms. The maximum atomic E-state index is 14.7. The molecule has 0 unspecified atom stereocenters. The van der Waals surface area contributed by atoms with Crippen molar-refractivity contribution in [3.05, 3.63) is 101 Å². The van der Waals surface area contributed by atoms with Crippen molar-refractivity contribution in [1.29, 1.82) is 0 Å². The highest BCUT2D eigenvalue weighted by Gasteiger charge is 2.31. The highest BCUT2D eigenvalue weighted by Crippen LogP contribution is 2.23. The van der Waals surface area contributed by atoms with Crippen molar-refractivity contribution in [2.24, 2.45) is 0 Å². The predicted octanol–water partition coefficient (Wildman–Crippen LogP) is 4.76. The summed E-state index contributed by atoms with van der Waals surface area (Å²) in [4.78, 5) is 28.4. The van der Waals surface area contributed by atoms with Gasteiger partial charge in [-0.3, -0.25) is 13.9 Å². The highest BCUT2D eigenvalue weighted by molar-refractivity contribution is 7.92. The lowest BCUT2D eigenvalue weighted by Gasteiger charge is -2.32. The first-order valence-electron chi connectivity index (χ1n) is 13.4. The molecular weight excluding hydrogens is 529 g/mol. The van der Waals surface area contributed by atoms with E-state index in [1.54, 1.807) is 31.2 Å². The Morgan fingerprint density at radius 3 is 2.25 bits per heavy atom. The molecule has 1 atom stereocenters. The largest absolute Gasteiger partial charge is 0.355 e. The van der Waals surface area contributed by atoms with E-state index in [0.29, 0.717) is 17.8 Å². The van der Waals surface area contributed by atoms with Crippen LogP contribution in [0.2, 0.25) is 0 Å². The van der Waals surface area contributed by atoms with Gasteiger partial charge in [-0.25, -0.2) is 12.8 Å². The number of hydrogen-bond acceptors (Lipinski definition) is 4. The van der Waals surface area contributed by atoms with Gasteiger partial charge in [0.05, 0.1) is 11.9 Å². The molecule has 0 aliphatic heterocycles. The van der Waals surface area contributed by atoms with Gasteiger partial charge in [-0.2, -0.15) is 0 Å². The van der Waals surface area contributed by atoms with Gasteiger partial charge in [0.2, 0.25) is 21.8 Å². The van der Waals surface area contributed by atoms with Gasteiger partial charge in [-0.15, -0.1) is 0 Å². The zero-order chi connectivity index (χ0) is 29.3. The number of nitrogens with zero attached hydrogens (tertiary/aromatic N) is 2. The van der Waals surface area contributed by atoms with Crippen molar-refractivity contribution in [2.45, 2.75) is 52.6 Å². The molecule has 0 aliphatic rings. The maximum Gasteiger partial charge on any atom is 0.243 e. The maximum absolute atomic E-state index is 14.7. The van der Waals surface area contributed by atoms with E-state index in [4.69, 9.17) is 0 Å². The monoisotopic (exact) mass is 567 g/mol. The summed E-state index contributed by atoms with van der Waals surface area (Å²) in [6.45, 7) is 6.04. The summed E-state index contributed by atoms with van der Waals surface area (Å²) in [6.07, 6.45) is 1.60. The SMILES string of the molecule is CCNC(=O)[C@@H](Cc1ccccc1)N(Cc1ccccc1F)C(=O)CCCN(c1ccc(C)c(C)c1)S(C)(=O)=O. The van der Waals surface area contributed by atoms with Crippen molar-refractivity contribution in [3.63, 3.8) is 0 Å². The Morgan fingerprint density at radius 2 is 1.62 bits per heavy atom. The molecule has 0 spiro atoms. The Balaban J connectivity index is 1.87. The van der Waals surface area contributed by atoms with E-state index < -0.39 is 21.9 Å². The molecule has 3 rings (SSSR count). The average Bonchev–Trinajstić information content (AvgIpc) is 2.91. The van der Waals surface area contributed by atoms with Crippen LogP contribution in [0.15, 0.2) is 72.8 Å². The average molecular weight is 568 g/mol. The second kappa shape index (κ2) is 14.1. The Kier molecular flexibility index (Phi) is 10.8. The normalized spacial score (nSPS) is 12.0. The number of rotatable bonds is 13. The number of halogens is 1. The Hall–Kier alpha value is -3.72. The Labute approximate surface area is 237 Å². The number of carbonyl (C=O) groups is 2. The van der Waals surface area contributed by atoms with Gasteiger partial charge in [0.1, 0.15) is 11.9 Å². The molecule has 2 amide bonds. The smallest absolute Gasteiger partial charge is 0.243 e. The lowest BCUT2D eigenvalue weighted by atomic mass is 10.0. The summed E-state index contributed by atoms with van der Waals surface area (Å²) in [6, 6.07) is 20.1. The van der Waals surface area contributed by atoms with Gasteiger partial charge >= 0.3 is 0 Å². The molecule has 0 radical (unpaired) electrons. The van der Waals surface area contributed by atoms with Crippen molar-refractivity contribution >= 4 is 27.5 Å². The molecule has 1 N–H and O–H groups in total. The number of likely N-dealkylation sites (N-methyl/N-ethyl adjacent to an activating group) is 1. The summed E-state index contributed by atoms with van der Waals surface area (Å²) in [5, 5.41) is 2.81. The molecule has 40 heavy (non-hydrogen) atoms. The van der Waals surface area contributed by atoms with Crippen molar-refractivity contribution in [1.82, 2.24) is 10.2 Å². The standard InChI is InChI=1S/C31H38FN3O4S/c1-5-33-31(37)29(21-25-12-7-6-8-13-25)34(22-26-14-9-10-15-28(26)32)30(36)16-11-19-35(40(4,38)39)27-18-17-23(2)24(3)20-27/h6-10,12-15,17-18,20,29H,5,11,16,19,21-22H2,1-4H3,(H,33,37)/t29-/m1/s1. The van der Waals surface area contributed by atoms with Gasteiger partial charge in [0.25, 0.3) is 0 Å². The van der Waals surface area contributed by atoms with Gasteiger partial charge in [-0.05, 0) is 62.1 Å². The van der Waals surface area contributed by atoms with Crippen LogP contribution in [0.3, 0.4) is 0 Å². The number of sulfonamides is 1. The van der Waals surface area contributed by atoms with Crippen molar-refractivity contribution < 1.29 is 22.4 Å². The van der Waals surface area contributed by atoms with Crippen LogP contribution in [0, 0.1) is 19.7 Å². The molecule has 9 heteroatoms. The number of amides is 2. The zero-order valence-corrected chi connectivity index (χ0v) is 24.4. The fourth-order valence-electron chi connectivity index (χ4n) is 4.54. The van der Waals surface area contributed by atoms with E-state index in [2.05, 4.69) is 5.32 Å². The molecular formula is C31H38FN3O4S. The fraction of sp³-hybridized carbons (Fsp3) is 0.355. The molecule has 0 heterocycles. The lowest BCUT2D eigenvalue weighted by molar-refractivity contribution is -0.141. The fourth-order valence-corrected chi connectivity index (χ4v) is 5.50. The molecule has 0 saturated carbocycles. The van der Waals surface area contributed by atoms with Crippen LogP contribution in [0.4, 0.5) is 10.1 Å². The van der Waals surface area contributed by atoms with E-state index >= 15 is 0 Å². The first-order valence-corrected chi connectivity index (χ1v) is 15.3. The topological polar surface area (TPSA) is 86.8 Å². The van der Waals surface area contributed by atoms with Crippen LogP contribution in [0.1, 0.15) is 42.0 Å². The van der Waals surface area contributed by atoms with Gasteiger partial charge < -0.3 is 10.2 Å². The summed E-state index contributed by atoms with van der Waals surface area (Å²) < 4.78 is 41.2. The minimum absolute atomic E-state index is 0.0178. The first-order chi connectivity index (χ1) is 19.0. The highest BCUT2D eigenvalue weighted by atomic mass is 32.2. The molecule has 0 fully saturated rings. The zero-order valence-electron chi connectivity index (χ0n) is 23.6. The summed E-state index contributed by atoms with van der Waals surface area (Å²) in [5.74, 6) is -1.15. The van der Waals surface area contributed by atoms with Gasteiger partial charge in [0, 0.05) is 38.0 Å². The minimum atomic E-state index is -3.60. The number of aryl methyl sites for hydroxylation is 2. The van der Waals surface area contributed by atoms with Crippen molar-refractivity contribution in [3.8, 4) is 0 Å². The Morgan fingerprint density at radius 1 is 0.950 bits per heavy atom. The lowest BCUT2D eigenvalue weighted by Crippen LogP contribution is -2.50. The van der Waals surface area contributed by atoms with Crippen LogP contribution in [0.25, 0.3) is 0 Å². The third kappa shape index (κ3) is 8.39. The molecule has 0 saturated heterocycles. The molecule has 7 nitrogen and oxygen atoms in total. The van der Waals surface area contributed by atoms with Crippen LogP contribution < -0.4 is 9.62 Å². The van der Waals surface area contributed by atoms with Crippen LogP contribution >= 0.6 is 0 Å². The minimum Gasteiger partial charge on any atom is -0.355 e. The number of carbonyl (C=O) groups excluding carboxylic acids is 2. The van der Waals surface area contributed by atoms with E-state index in [1.807, 2.05) is 56.3 Å². The molecule has 3 aromatic rings. The summed E-state index contributed by atoms with van der Waals surface area (Å²) in [7, 11) is -3.60. The Bertz CT molecular complexity index is 1410. The van der Waals surface area contributed by atoms with E-state index in [0.717, 1.165) is 22.9 Å². The van der Waals surface area contributed by atoms with Crippen molar-refractivity contribution in [2.75, 3.05) is 23.7 Å². The first kappa shape index (κ1) is 30.8. The third-order valence-corrected chi connectivity index (χ3v) is 8.05. The predicted molar refractivity (Wildman–Crippen MR) is 157 cm³/mol. The number of anilines is 1. The molecule has 3 aromatic carbocycles. The second-order valence-corrected chi connectivity index (χ2v) is 11.8. The summed E-state index contributed by atoms with van der Waals surface area (Å²) in [5.41, 5.74) is 3.70. The quantitative estimate of drug-likeness (QED) is 0.323.